The number of hydrogen-bond acceptors (Lipinski definition) is 6. The number of benzene rings is 3. The van der Waals surface area contributed by atoms with E-state index in [0.29, 0.717) is 34.3 Å². The number of fused-ring (bicyclic) bond motifs is 5. The van der Waals surface area contributed by atoms with Crippen LogP contribution in [-0.4, -0.2) is 33.1 Å². The highest BCUT2D eigenvalue weighted by Crippen LogP contribution is 2.41. The number of phenols is 1. The fourth-order valence-electron chi connectivity index (χ4n) is 5.14. The number of aromatic nitrogens is 3. The van der Waals surface area contributed by atoms with E-state index in [-0.39, 0.29) is 11.2 Å². The standard InChI is InChI=1S/C29H23N3O5/c1-32-29-21(15-30-32)25(28-27(31-29)26-22(34)13-19(33)14-24(26)37-28)17-3-5-20(6-4-17)35-10-8-16-2-7-23-18(12-16)9-11-36-23/h2-7,12-15,30,34H,8-11H2,1H3. The zero-order chi connectivity index (χ0) is 25.1. The third-order valence-corrected chi connectivity index (χ3v) is 6.95. The molecule has 0 spiro atoms. The maximum Gasteiger partial charge on any atom is 0.186 e. The molecule has 0 saturated heterocycles. The molecule has 3 aromatic heterocycles. The summed E-state index contributed by atoms with van der Waals surface area (Å²) in [5.74, 6) is 1.62. The fraction of sp³-hybridized carbons (Fsp3) is 0.172. The molecule has 0 radical (unpaired) electrons. The third-order valence-electron chi connectivity index (χ3n) is 6.95. The molecule has 0 aliphatic carbocycles. The Kier molecular flexibility index (Phi) is 4.75. The first-order valence-corrected chi connectivity index (χ1v) is 12.2. The largest absolute Gasteiger partial charge is 0.507 e. The smallest absolute Gasteiger partial charge is 0.186 e. The Morgan fingerprint density at radius 1 is 1.14 bits per heavy atom. The molecule has 0 fully saturated rings. The predicted octanol–water partition coefficient (Wildman–Crippen LogP) is 5.09. The molecule has 0 unspecified atom stereocenters. The second kappa shape index (κ2) is 8.16. The van der Waals surface area contributed by atoms with E-state index in [4.69, 9.17) is 18.9 Å². The van der Waals surface area contributed by atoms with Gasteiger partial charge in [-0.15, -0.1) is 0 Å². The average molecular weight is 494 g/mol. The molecule has 1 aliphatic heterocycles. The Labute approximate surface area is 210 Å². The Bertz CT molecular complexity index is 1880. The lowest BCUT2D eigenvalue weighted by Crippen LogP contribution is -2.01. The van der Waals surface area contributed by atoms with Gasteiger partial charge in [0, 0.05) is 49.2 Å². The molecule has 0 saturated carbocycles. The molecule has 4 heterocycles. The third kappa shape index (κ3) is 3.52. The van der Waals surface area contributed by atoms with Crippen molar-refractivity contribution in [3.8, 4) is 28.4 Å². The average Bonchev–Trinajstić information content (AvgIpc) is 3.60. The number of aromatic hydroxyl groups is 1. The highest BCUT2D eigenvalue weighted by molar-refractivity contribution is 6.15. The number of nitrogens with one attached hydrogen (secondary N) is 1. The van der Waals surface area contributed by atoms with E-state index in [0.717, 1.165) is 47.5 Å². The first kappa shape index (κ1) is 21.6. The Morgan fingerprint density at radius 3 is 2.86 bits per heavy atom. The van der Waals surface area contributed by atoms with Crippen molar-refractivity contribution in [1.82, 2.24) is 14.8 Å². The van der Waals surface area contributed by atoms with Crippen LogP contribution in [0.1, 0.15) is 11.1 Å². The Morgan fingerprint density at radius 2 is 2.00 bits per heavy atom. The first-order valence-electron chi connectivity index (χ1n) is 12.2. The summed E-state index contributed by atoms with van der Waals surface area (Å²) in [6.07, 6.45) is 3.64. The van der Waals surface area contributed by atoms with E-state index in [1.807, 2.05) is 43.6 Å². The van der Waals surface area contributed by atoms with E-state index >= 15 is 0 Å². The molecule has 1 aliphatic rings. The number of pyridine rings is 1. The quantitative estimate of drug-likeness (QED) is 0.347. The van der Waals surface area contributed by atoms with Gasteiger partial charge in [0.2, 0.25) is 0 Å². The van der Waals surface area contributed by atoms with Crippen LogP contribution in [0.4, 0.5) is 0 Å². The molecule has 8 heteroatoms. The molecular weight excluding hydrogens is 470 g/mol. The molecule has 0 bridgehead atoms. The molecule has 3 aromatic carbocycles. The minimum atomic E-state index is -0.321. The summed E-state index contributed by atoms with van der Waals surface area (Å²) in [6, 6.07) is 16.7. The van der Waals surface area contributed by atoms with Crippen molar-refractivity contribution in [3.63, 3.8) is 0 Å². The van der Waals surface area contributed by atoms with Crippen LogP contribution in [0.3, 0.4) is 0 Å². The van der Waals surface area contributed by atoms with Crippen LogP contribution in [0.2, 0.25) is 0 Å². The van der Waals surface area contributed by atoms with Gasteiger partial charge in [-0.05, 0) is 34.9 Å². The van der Waals surface area contributed by atoms with Crippen LogP contribution in [0, 0.1) is 0 Å². The van der Waals surface area contributed by atoms with E-state index in [1.165, 1.54) is 23.3 Å². The Balaban J connectivity index is 1.23. The maximum atomic E-state index is 12.0. The minimum Gasteiger partial charge on any atom is -0.507 e. The van der Waals surface area contributed by atoms with Gasteiger partial charge in [0.05, 0.1) is 18.6 Å². The van der Waals surface area contributed by atoms with E-state index in [9.17, 15) is 9.90 Å². The second-order valence-electron chi connectivity index (χ2n) is 9.32. The lowest BCUT2D eigenvalue weighted by molar-refractivity contribution is 0.322. The summed E-state index contributed by atoms with van der Waals surface area (Å²) in [5.41, 5.74) is 5.94. The van der Waals surface area contributed by atoms with Gasteiger partial charge in [-0.2, -0.15) is 0 Å². The molecule has 184 valence electrons. The highest BCUT2D eigenvalue weighted by Gasteiger charge is 2.22. The van der Waals surface area contributed by atoms with Crippen LogP contribution in [-0.2, 0) is 19.9 Å². The van der Waals surface area contributed by atoms with Gasteiger partial charge in [-0.25, -0.2) is 4.98 Å². The highest BCUT2D eigenvalue weighted by atomic mass is 16.5. The number of ether oxygens (including phenoxy) is 2. The molecule has 37 heavy (non-hydrogen) atoms. The number of rotatable bonds is 5. The fourth-order valence-corrected chi connectivity index (χ4v) is 5.14. The molecule has 0 atom stereocenters. The van der Waals surface area contributed by atoms with Gasteiger partial charge in [0.1, 0.15) is 28.3 Å². The number of aryl methyl sites for hydroxylation is 1. The van der Waals surface area contributed by atoms with Crippen molar-refractivity contribution >= 4 is 33.1 Å². The summed E-state index contributed by atoms with van der Waals surface area (Å²) in [4.78, 5) is 16.7. The SMILES string of the molecule is Cn1[nH]cc2c(-c3ccc(OCCc4ccc5c(c4)CCO5)cc3)c3oc4cc(=O)cc(O)c4c3nc21. The van der Waals surface area contributed by atoms with Crippen molar-refractivity contribution in [2.45, 2.75) is 12.8 Å². The zero-order valence-electron chi connectivity index (χ0n) is 20.1. The molecule has 7 rings (SSSR count). The normalized spacial score (nSPS) is 12.9. The number of phenolic OH excluding ortho intramolecular Hbond substituents is 1. The maximum absolute atomic E-state index is 12.0. The molecular formula is C29H23N3O5. The van der Waals surface area contributed by atoms with E-state index in [2.05, 4.69) is 17.2 Å². The monoisotopic (exact) mass is 493 g/mol. The first-order chi connectivity index (χ1) is 18.0. The van der Waals surface area contributed by atoms with Gasteiger partial charge in [-0.3, -0.25) is 9.48 Å². The number of nitrogens with zero attached hydrogens (tertiary/aromatic N) is 2. The number of aromatic amines is 1. The minimum absolute atomic E-state index is 0.142. The van der Waals surface area contributed by atoms with Gasteiger partial charge in [-0.1, -0.05) is 24.3 Å². The van der Waals surface area contributed by atoms with Crippen LogP contribution < -0.4 is 14.9 Å². The van der Waals surface area contributed by atoms with Crippen molar-refractivity contribution in [2.24, 2.45) is 7.05 Å². The molecule has 8 nitrogen and oxygen atoms in total. The molecule has 2 N–H and O–H groups in total. The molecule has 0 amide bonds. The summed E-state index contributed by atoms with van der Waals surface area (Å²) in [5, 5.41) is 15.0. The van der Waals surface area contributed by atoms with Crippen molar-refractivity contribution < 1.29 is 19.0 Å². The molecule has 6 aromatic rings. The summed E-state index contributed by atoms with van der Waals surface area (Å²) in [6.45, 7) is 1.32. The lowest BCUT2D eigenvalue weighted by atomic mass is 10.0. The van der Waals surface area contributed by atoms with E-state index in [1.54, 1.807) is 4.68 Å². The van der Waals surface area contributed by atoms with Crippen LogP contribution >= 0.6 is 0 Å². The van der Waals surface area contributed by atoms with Gasteiger partial charge in [0.25, 0.3) is 0 Å². The van der Waals surface area contributed by atoms with Crippen LogP contribution in [0.5, 0.6) is 17.2 Å². The second-order valence-corrected chi connectivity index (χ2v) is 9.32. The lowest BCUT2D eigenvalue weighted by Gasteiger charge is -2.09. The van der Waals surface area contributed by atoms with Crippen LogP contribution in [0.25, 0.3) is 44.2 Å². The van der Waals surface area contributed by atoms with Crippen molar-refractivity contribution in [1.29, 1.82) is 0 Å². The summed E-state index contributed by atoms with van der Waals surface area (Å²) >= 11 is 0. The predicted molar refractivity (Wildman–Crippen MR) is 141 cm³/mol. The van der Waals surface area contributed by atoms with Gasteiger partial charge in [0.15, 0.2) is 16.7 Å². The number of furan rings is 1. The number of hydrogen-bond donors (Lipinski definition) is 2. The van der Waals surface area contributed by atoms with Gasteiger partial charge >= 0.3 is 0 Å². The van der Waals surface area contributed by atoms with E-state index < -0.39 is 0 Å². The summed E-state index contributed by atoms with van der Waals surface area (Å²) in [7, 11) is 1.87. The summed E-state index contributed by atoms with van der Waals surface area (Å²) < 4.78 is 19.5. The van der Waals surface area contributed by atoms with Crippen LogP contribution in [0.15, 0.2) is 70.0 Å². The van der Waals surface area contributed by atoms with Crippen molar-refractivity contribution in [2.75, 3.05) is 13.2 Å². The topological polar surface area (TPSA) is 103 Å². The number of H-pyrrole nitrogens is 1. The Hall–Kier alpha value is -4.72. The van der Waals surface area contributed by atoms with Crippen molar-refractivity contribution in [3.05, 3.63) is 82.1 Å². The van der Waals surface area contributed by atoms with Gasteiger partial charge < -0.3 is 24.1 Å². The zero-order valence-corrected chi connectivity index (χ0v) is 20.1.